The lowest BCUT2D eigenvalue weighted by molar-refractivity contribution is -0.124. The number of nitrogens with one attached hydrogen (secondary N) is 1. The molecular weight excluding hydrogens is 152 g/mol. The van der Waals surface area contributed by atoms with Crippen molar-refractivity contribution in [3.05, 3.63) is 12.2 Å². The van der Waals surface area contributed by atoms with Crippen LogP contribution < -0.4 is 11.1 Å². The van der Waals surface area contributed by atoms with Gasteiger partial charge in [-0.05, 0) is 19.8 Å². The van der Waals surface area contributed by atoms with Gasteiger partial charge >= 0.3 is 0 Å². The number of carbonyl (C=O) groups excluding carboxylic acids is 1. The molecule has 0 fully saturated rings. The van der Waals surface area contributed by atoms with Crippen molar-refractivity contribution in [2.75, 3.05) is 6.54 Å². The Morgan fingerprint density at radius 3 is 2.75 bits per heavy atom. The second-order valence-corrected chi connectivity index (χ2v) is 3.36. The number of carbonyl (C=O) groups is 1. The van der Waals surface area contributed by atoms with Crippen LogP contribution in [0.1, 0.15) is 19.8 Å². The Balaban J connectivity index is 2.20. The van der Waals surface area contributed by atoms with Crippen molar-refractivity contribution < 1.29 is 4.79 Å². The highest BCUT2D eigenvalue weighted by atomic mass is 16.1. The highest BCUT2D eigenvalue weighted by Gasteiger charge is 2.18. The molecule has 1 rings (SSSR count). The van der Waals surface area contributed by atoms with E-state index in [9.17, 15) is 4.79 Å². The molecule has 0 aromatic rings. The molecule has 0 spiro atoms. The number of hydrogen-bond acceptors (Lipinski definition) is 2. The summed E-state index contributed by atoms with van der Waals surface area (Å²) >= 11 is 0. The van der Waals surface area contributed by atoms with E-state index < -0.39 is 0 Å². The maximum Gasteiger partial charge on any atom is 0.223 e. The minimum Gasteiger partial charge on any atom is -0.354 e. The van der Waals surface area contributed by atoms with Crippen LogP contribution in [0.5, 0.6) is 0 Å². The van der Waals surface area contributed by atoms with Gasteiger partial charge in [0.2, 0.25) is 5.91 Å². The average molecular weight is 168 g/mol. The summed E-state index contributed by atoms with van der Waals surface area (Å²) in [5, 5.41) is 2.82. The van der Waals surface area contributed by atoms with Crippen molar-refractivity contribution in [3.8, 4) is 0 Å². The van der Waals surface area contributed by atoms with Gasteiger partial charge in [-0.25, -0.2) is 0 Å². The van der Waals surface area contributed by atoms with Gasteiger partial charge in [0, 0.05) is 18.5 Å². The zero-order valence-corrected chi connectivity index (χ0v) is 7.42. The monoisotopic (exact) mass is 168 g/mol. The second-order valence-electron chi connectivity index (χ2n) is 3.36. The zero-order valence-electron chi connectivity index (χ0n) is 7.42. The molecule has 0 radical (unpaired) electrons. The van der Waals surface area contributed by atoms with E-state index in [1.807, 2.05) is 6.92 Å². The Morgan fingerprint density at radius 2 is 2.25 bits per heavy atom. The summed E-state index contributed by atoms with van der Waals surface area (Å²) in [6, 6.07) is 0.0447. The standard InChI is InChI=1S/C9H16N2O/c1-7(10)6-11-9(12)8-4-2-3-5-8/h2-3,7-8H,4-6,10H2,1H3,(H,11,12). The van der Waals surface area contributed by atoms with E-state index in [0.29, 0.717) is 6.54 Å². The van der Waals surface area contributed by atoms with Gasteiger partial charge in [-0.15, -0.1) is 0 Å². The molecule has 1 atom stereocenters. The third kappa shape index (κ3) is 2.66. The molecule has 0 aromatic carbocycles. The summed E-state index contributed by atoms with van der Waals surface area (Å²) in [4.78, 5) is 11.3. The minimum atomic E-state index is 0.0447. The first-order valence-electron chi connectivity index (χ1n) is 4.38. The van der Waals surface area contributed by atoms with Crippen molar-refractivity contribution in [2.24, 2.45) is 11.7 Å². The first kappa shape index (κ1) is 9.26. The maximum absolute atomic E-state index is 11.3. The molecule has 1 aliphatic carbocycles. The lowest BCUT2D eigenvalue weighted by Crippen LogP contribution is -2.37. The number of hydrogen-bond donors (Lipinski definition) is 2. The second kappa shape index (κ2) is 4.26. The lowest BCUT2D eigenvalue weighted by Gasteiger charge is -2.11. The Bertz CT molecular complexity index is 179. The average Bonchev–Trinajstić information content (AvgIpc) is 2.51. The van der Waals surface area contributed by atoms with Crippen molar-refractivity contribution >= 4 is 5.91 Å². The molecule has 3 heteroatoms. The topological polar surface area (TPSA) is 55.1 Å². The molecule has 1 amide bonds. The molecule has 12 heavy (non-hydrogen) atoms. The molecule has 0 aliphatic heterocycles. The maximum atomic E-state index is 11.3. The van der Waals surface area contributed by atoms with Crippen LogP contribution in [0.4, 0.5) is 0 Å². The summed E-state index contributed by atoms with van der Waals surface area (Å²) in [6.07, 6.45) is 5.86. The van der Waals surface area contributed by atoms with Crippen molar-refractivity contribution in [1.29, 1.82) is 0 Å². The van der Waals surface area contributed by atoms with Gasteiger partial charge in [-0.3, -0.25) is 4.79 Å². The quantitative estimate of drug-likeness (QED) is 0.600. The fourth-order valence-corrected chi connectivity index (χ4v) is 1.24. The van der Waals surface area contributed by atoms with E-state index in [1.54, 1.807) is 0 Å². The van der Waals surface area contributed by atoms with Gasteiger partial charge in [0.25, 0.3) is 0 Å². The lowest BCUT2D eigenvalue weighted by atomic mass is 10.1. The Labute approximate surface area is 73.0 Å². The molecule has 3 N–H and O–H groups in total. The Morgan fingerprint density at radius 1 is 1.67 bits per heavy atom. The fourth-order valence-electron chi connectivity index (χ4n) is 1.24. The fraction of sp³-hybridized carbons (Fsp3) is 0.667. The summed E-state index contributed by atoms with van der Waals surface area (Å²) in [5.41, 5.74) is 5.51. The van der Waals surface area contributed by atoms with Crippen LogP contribution in [0.3, 0.4) is 0 Å². The molecule has 0 bridgehead atoms. The van der Waals surface area contributed by atoms with Gasteiger partial charge in [0.15, 0.2) is 0 Å². The molecule has 1 aliphatic rings. The highest BCUT2D eigenvalue weighted by Crippen LogP contribution is 2.17. The summed E-state index contributed by atoms with van der Waals surface area (Å²) in [6.45, 7) is 2.46. The van der Waals surface area contributed by atoms with Crippen LogP contribution in [-0.2, 0) is 4.79 Å². The third-order valence-corrected chi connectivity index (χ3v) is 1.98. The molecule has 0 saturated heterocycles. The van der Waals surface area contributed by atoms with Gasteiger partial charge in [-0.1, -0.05) is 12.2 Å². The molecule has 0 saturated carbocycles. The normalized spacial score (nSPS) is 19.5. The van der Waals surface area contributed by atoms with E-state index >= 15 is 0 Å². The molecule has 0 aromatic heterocycles. The molecule has 68 valence electrons. The first-order valence-corrected chi connectivity index (χ1v) is 4.38. The number of nitrogens with two attached hydrogens (primary N) is 1. The SMILES string of the molecule is CC(N)CNC(=O)C1CC=CC1. The molecule has 0 heterocycles. The number of allylic oxidation sites excluding steroid dienone is 2. The predicted molar refractivity (Wildman–Crippen MR) is 48.5 cm³/mol. The molecular formula is C9H16N2O. The third-order valence-electron chi connectivity index (χ3n) is 1.98. The summed E-state index contributed by atoms with van der Waals surface area (Å²) < 4.78 is 0. The smallest absolute Gasteiger partial charge is 0.223 e. The van der Waals surface area contributed by atoms with E-state index in [2.05, 4.69) is 17.5 Å². The molecule has 3 nitrogen and oxygen atoms in total. The highest BCUT2D eigenvalue weighted by molar-refractivity contribution is 5.79. The van der Waals surface area contributed by atoms with Crippen LogP contribution >= 0.6 is 0 Å². The van der Waals surface area contributed by atoms with E-state index in [1.165, 1.54) is 0 Å². The Hall–Kier alpha value is -0.830. The van der Waals surface area contributed by atoms with E-state index in [-0.39, 0.29) is 17.9 Å². The first-order chi connectivity index (χ1) is 5.70. The van der Waals surface area contributed by atoms with Crippen LogP contribution in [-0.4, -0.2) is 18.5 Å². The van der Waals surface area contributed by atoms with Crippen molar-refractivity contribution in [1.82, 2.24) is 5.32 Å². The van der Waals surface area contributed by atoms with E-state index in [4.69, 9.17) is 5.73 Å². The van der Waals surface area contributed by atoms with Crippen LogP contribution in [0, 0.1) is 5.92 Å². The predicted octanol–water partition coefficient (Wildman–Crippen LogP) is 0.416. The summed E-state index contributed by atoms with van der Waals surface area (Å²) in [5.74, 6) is 0.293. The van der Waals surface area contributed by atoms with Gasteiger partial charge in [0.05, 0.1) is 0 Å². The van der Waals surface area contributed by atoms with Gasteiger partial charge in [-0.2, -0.15) is 0 Å². The molecule has 1 unspecified atom stereocenters. The number of amides is 1. The van der Waals surface area contributed by atoms with E-state index in [0.717, 1.165) is 12.8 Å². The van der Waals surface area contributed by atoms with Crippen LogP contribution in [0.15, 0.2) is 12.2 Å². The largest absolute Gasteiger partial charge is 0.354 e. The summed E-state index contributed by atoms with van der Waals surface area (Å²) in [7, 11) is 0. The number of rotatable bonds is 3. The van der Waals surface area contributed by atoms with Crippen molar-refractivity contribution in [2.45, 2.75) is 25.8 Å². The van der Waals surface area contributed by atoms with Gasteiger partial charge in [0.1, 0.15) is 0 Å². The minimum absolute atomic E-state index is 0.0447. The zero-order chi connectivity index (χ0) is 8.97. The van der Waals surface area contributed by atoms with Crippen LogP contribution in [0.2, 0.25) is 0 Å². The van der Waals surface area contributed by atoms with Crippen molar-refractivity contribution in [3.63, 3.8) is 0 Å². The van der Waals surface area contributed by atoms with Crippen LogP contribution in [0.25, 0.3) is 0 Å². The Kier molecular flexibility index (Phi) is 3.29. The van der Waals surface area contributed by atoms with Gasteiger partial charge < -0.3 is 11.1 Å².